The van der Waals surface area contributed by atoms with Gasteiger partial charge in [0.05, 0.1) is 46.0 Å². The largest absolute Gasteiger partial charge is 0.497 e. The van der Waals surface area contributed by atoms with Gasteiger partial charge in [0.25, 0.3) is 11.5 Å². The SMILES string of the molecule is COc1ccc(C(OC[C@H]2O[C@@H](n3cnc4c(NC(=O)c5ccccc5)ncnc43)C[C@@H]2OP(C)(=S)OC[C@H]2O[C@@H](n3cc(C)c(=O)[nH]c3=O)C[C@@H]2O[Si](C)(C)C(C)(C)C)(c2ccccc2)c2ccc(OC)cc2)cc1. The summed E-state index contributed by atoms with van der Waals surface area (Å²) in [5.74, 6) is 1.25. The summed E-state index contributed by atoms with van der Waals surface area (Å²) in [6, 6.07) is 34.3. The predicted octanol–water partition coefficient (Wildman–Crippen LogP) is 9.27. The Morgan fingerprint density at radius 2 is 1.36 bits per heavy atom. The summed E-state index contributed by atoms with van der Waals surface area (Å²) in [6.07, 6.45) is 1.05. The van der Waals surface area contributed by atoms with Crippen LogP contribution in [0, 0.1) is 6.92 Å². The highest BCUT2D eigenvalue weighted by molar-refractivity contribution is 8.09. The van der Waals surface area contributed by atoms with Gasteiger partial charge in [-0.05, 0) is 90.0 Å². The van der Waals surface area contributed by atoms with Gasteiger partial charge in [0, 0.05) is 36.8 Å². The molecule has 0 bridgehead atoms. The van der Waals surface area contributed by atoms with Gasteiger partial charge in [0.2, 0.25) is 0 Å². The van der Waals surface area contributed by atoms with Crippen LogP contribution in [-0.4, -0.2) is 102 Å². The zero-order valence-corrected chi connectivity index (χ0v) is 46.7. The minimum Gasteiger partial charge on any atom is -0.497 e. The molecule has 2 aliphatic rings. The van der Waals surface area contributed by atoms with E-state index in [9.17, 15) is 14.4 Å². The molecular weight excluding hydrogens is 1030 g/mol. The Bertz CT molecular complexity index is 3270. The number of aryl methyl sites for hydroxylation is 1. The molecule has 7 aromatic rings. The molecule has 76 heavy (non-hydrogen) atoms. The number of imidazole rings is 1. The van der Waals surface area contributed by atoms with E-state index in [2.05, 4.69) is 59.1 Å². The number of hydrogen-bond acceptors (Lipinski definition) is 15. The molecule has 2 N–H and O–H groups in total. The molecule has 0 spiro atoms. The highest BCUT2D eigenvalue weighted by atomic mass is 32.5. The average Bonchev–Trinajstić information content (AvgIpc) is 4.15. The average molecular weight is 1090 g/mol. The minimum absolute atomic E-state index is 0.00731. The molecule has 0 radical (unpaired) electrons. The lowest BCUT2D eigenvalue weighted by Gasteiger charge is -2.39. The minimum atomic E-state index is -3.19. The summed E-state index contributed by atoms with van der Waals surface area (Å²) in [6.45, 7) is 11.0. The number of methoxy groups -OCH3 is 2. The lowest BCUT2D eigenvalue weighted by atomic mass is 9.80. The van der Waals surface area contributed by atoms with Crippen LogP contribution in [0.15, 0.2) is 138 Å². The van der Waals surface area contributed by atoms with Crippen LogP contribution in [0.1, 0.15) is 78.7 Å². The van der Waals surface area contributed by atoms with Crippen molar-refractivity contribution in [3.05, 3.63) is 177 Å². The number of nitrogens with zero attached hydrogens (tertiary/aromatic N) is 5. The number of aromatic nitrogens is 6. The molecule has 18 nitrogen and oxygen atoms in total. The molecule has 21 heteroatoms. The van der Waals surface area contributed by atoms with Crippen molar-refractivity contribution in [3.8, 4) is 11.5 Å². The second-order valence-electron chi connectivity index (χ2n) is 20.5. The standard InChI is InChI=1S/C55H64N7O11PSSi/c1-35-30-61(53(65)60-51(35)63)46-29-43(73-76(8,9)54(2,3)4)45(71-46)32-69-74(7,75)72-42-28-47(62-34-58-48-49(56-33-57-50(48)62)59-52(64)36-16-12-10-13-17-36)70-44(42)31-68-55(37-18-14-11-15-19-37,38-20-24-40(66-5)25-21-38)39-22-26-41(67-6)27-23-39/h10-27,30,33-34,42-47H,28-29,31-32H2,1-9H3,(H,60,63,65)(H,56,57,59,64)/t42-,43-,44+,45+,46+,47+,74?/m0/s1. The van der Waals surface area contributed by atoms with Crippen molar-refractivity contribution in [2.75, 3.05) is 39.4 Å². The van der Waals surface area contributed by atoms with E-state index in [1.807, 2.05) is 84.9 Å². The molecule has 1 unspecified atom stereocenters. The number of nitrogens with one attached hydrogen (secondary N) is 2. The van der Waals surface area contributed by atoms with E-state index >= 15 is 0 Å². The summed E-state index contributed by atoms with van der Waals surface area (Å²) in [5.41, 5.74) is 1.88. The van der Waals surface area contributed by atoms with E-state index in [1.165, 1.54) is 17.1 Å². The van der Waals surface area contributed by atoms with E-state index < -0.39 is 68.5 Å². The third-order valence-electron chi connectivity index (χ3n) is 14.4. The van der Waals surface area contributed by atoms with Crippen molar-refractivity contribution in [1.82, 2.24) is 29.1 Å². The van der Waals surface area contributed by atoms with Crippen LogP contribution >= 0.6 is 6.49 Å². The molecule has 0 aliphatic carbocycles. The van der Waals surface area contributed by atoms with Crippen molar-refractivity contribution in [3.63, 3.8) is 0 Å². The summed E-state index contributed by atoms with van der Waals surface area (Å²) in [7, 11) is 0.864. The number of amides is 1. The smallest absolute Gasteiger partial charge is 0.330 e. The lowest BCUT2D eigenvalue weighted by molar-refractivity contribution is -0.0909. The number of rotatable bonds is 19. The zero-order chi connectivity index (χ0) is 54.0. The third-order valence-corrected chi connectivity index (χ3v) is 20.8. The number of fused-ring (bicyclic) bond motifs is 1. The van der Waals surface area contributed by atoms with Crippen LogP contribution in [0.4, 0.5) is 5.82 Å². The molecule has 0 saturated carbocycles. The second-order valence-corrected chi connectivity index (χ2v) is 29.3. The van der Waals surface area contributed by atoms with Crippen LogP contribution in [0.3, 0.4) is 0 Å². The number of anilines is 1. The maximum Gasteiger partial charge on any atom is 0.330 e. The van der Waals surface area contributed by atoms with E-state index in [0.717, 1.165) is 16.7 Å². The van der Waals surface area contributed by atoms with Crippen LogP contribution in [0.5, 0.6) is 11.5 Å². The van der Waals surface area contributed by atoms with E-state index in [0.29, 0.717) is 40.2 Å². The van der Waals surface area contributed by atoms with Gasteiger partial charge >= 0.3 is 5.69 Å². The predicted molar refractivity (Wildman–Crippen MR) is 294 cm³/mol. The first-order valence-electron chi connectivity index (χ1n) is 25.0. The summed E-state index contributed by atoms with van der Waals surface area (Å²) < 4.78 is 56.0. The molecule has 9 rings (SSSR count). The summed E-state index contributed by atoms with van der Waals surface area (Å²) in [5, 5.41) is 2.75. The second kappa shape index (κ2) is 22.4. The number of carbonyl (C=O) groups excluding carboxylic acids is 1. The zero-order valence-electron chi connectivity index (χ0n) is 44.0. The summed E-state index contributed by atoms with van der Waals surface area (Å²) >= 11 is 6.28. The van der Waals surface area contributed by atoms with Gasteiger partial charge in [0.15, 0.2) is 31.8 Å². The molecule has 5 heterocycles. The van der Waals surface area contributed by atoms with Gasteiger partial charge in [-0.1, -0.05) is 93.6 Å². The van der Waals surface area contributed by atoms with Gasteiger partial charge in [-0.3, -0.25) is 23.7 Å². The molecule has 400 valence electrons. The van der Waals surface area contributed by atoms with Crippen molar-refractivity contribution in [2.45, 2.75) is 101 Å². The number of H-pyrrole nitrogens is 1. The van der Waals surface area contributed by atoms with E-state index in [1.54, 1.807) is 63.0 Å². The maximum absolute atomic E-state index is 13.3. The highest BCUT2D eigenvalue weighted by Gasteiger charge is 2.48. The molecule has 2 saturated heterocycles. The quantitative estimate of drug-likeness (QED) is 0.0441. The van der Waals surface area contributed by atoms with Gasteiger partial charge in [-0.15, -0.1) is 0 Å². The maximum atomic E-state index is 13.3. The number of carbonyl (C=O) groups is 1. The number of benzene rings is 4. The normalized spacial score (nSPS) is 20.9. The van der Waals surface area contributed by atoms with Crippen molar-refractivity contribution in [2.24, 2.45) is 0 Å². The van der Waals surface area contributed by atoms with Crippen LogP contribution in [-0.2, 0) is 45.1 Å². The Morgan fingerprint density at radius 1 is 0.789 bits per heavy atom. The molecule has 2 fully saturated rings. The number of aromatic amines is 1. The highest BCUT2D eigenvalue weighted by Crippen LogP contribution is 2.51. The van der Waals surface area contributed by atoms with Crippen molar-refractivity contribution in [1.29, 1.82) is 0 Å². The third kappa shape index (κ3) is 11.6. The van der Waals surface area contributed by atoms with Gasteiger partial charge in [-0.2, -0.15) is 0 Å². The van der Waals surface area contributed by atoms with Crippen molar-refractivity contribution < 1.29 is 42.0 Å². The fourth-order valence-corrected chi connectivity index (χ4v) is 12.4. The molecular formula is C55H64N7O11PSSi. The Hall–Kier alpha value is -6.19. The fraction of sp³-hybridized carbons (Fsp3) is 0.382. The van der Waals surface area contributed by atoms with Gasteiger partial charge in [0.1, 0.15) is 48.1 Å². The van der Waals surface area contributed by atoms with Gasteiger partial charge in [-0.25, -0.2) is 19.7 Å². The molecule has 2 aliphatic heterocycles. The Kier molecular flexibility index (Phi) is 16.1. The molecule has 1 amide bonds. The first-order valence-corrected chi connectivity index (χ1v) is 31.0. The Labute approximate surface area is 447 Å². The Balaban J connectivity index is 1.05. The van der Waals surface area contributed by atoms with Gasteiger partial charge < -0.3 is 42.5 Å². The van der Waals surface area contributed by atoms with Crippen LogP contribution in [0.25, 0.3) is 11.2 Å². The number of ether oxygens (including phenoxy) is 5. The fourth-order valence-electron chi connectivity index (χ4n) is 9.32. The topological polar surface area (TPSA) is 201 Å². The summed E-state index contributed by atoms with van der Waals surface area (Å²) in [4.78, 5) is 54.9. The lowest BCUT2D eigenvalue weighted by Crippen LogP contribution is -2.46. The van der Waals surface area contributed by atoms with Crippen LogP contribution < -0.4 is 26.0 Å². The van der Waals surface area contributed by atoms with Crippen molar-refractivity contribution >= 4 is 49.5 Å². The van der Waals surface area contributed by atoms with Crippen LogP contribution in [0.2, 0.25) is 18.1 Å². The van der Waals surface area contributed by atoms with E-state index in [-0.39, 0.29) is 36.4 Å². The first kappa shape index (κ1) is 54.6. The monoisotopic (exact) mass is 1090 g/mol. The molecule has 7 atom stereocenters. The molecule has 4 aromatic carbocycles. The number of hydrogen-bond donors (Lipinski definition) is 2. The Morgan fingerprint density at radius 3 is 1.96 bits per heavy atom. The molecule has 3 aromatic heterocycles. The first-order chi connectivity index (χ1) is 36.3. The van der Waals surface area contributed by atoms with E-state index in [4.69, 9.17) is 49.0 Å².